The molecule has 1 aliphatic carbocycles. The number of carbonyl (C=O) groups excluding carboxylic acids is 6. The summed E-state index contributed by atoms with van der Waals surface area (Å²) in [4.78, 5) is 94.0. The number of esters is 2. The number of likely N-dealkylation sites (N-methyl/N-ethyl adjacent to an activating group) is 1. The van der Waals surface area contributed by atoms with E-state index in [0.29, 0.717) is 102 Å². The molecule has 18 heteroatoms. The summed E-state index contributed by atoms with van der Waals surface area (Å²) in [6, 6.07) is 13.4. The minimum Gasteiger partial charge on any atom is -0.496 e. The first-order valence-corrected chi connectivity index (χ1v) is 29.5. The number of piperidine rings is 1. The normalized spacial score (nSPS) is 30.7. The maximum atomic E-state index is 15.5. The van der Waals surface area contributed by atoms with Gasteiger partial charge in [-0.1, -0.05) is 44.6 Å². The lowest BCUT2D eigenvalue weighted by Gasteiger charge is -2.63. The van der Waals surface area contributed by atoms with Gasteiger partial charge in [0.1, 0.15) is 23.9 Å². The van der Waals surface area contributed by atoms with Crippen LogP contribution in [-0.2, 0) is 57.1 Å². The second-order valence-electron chi connectivity index (χ2n) is 24.8. The van der Waals surface area contributed by atoms with Crippen LogP contribution in [0.2, 0.25) is 0 Å². The summed E-state index contributed by atoms with van der Waals surface area (Å²) in [7, 11) is 4.83. The molecule has 4 aromatic rings. The van der Waals surface area contributed by atoms with Gasteiger partial charge in [-0.2, -0.15) is 0 Å². The van der Waals surface area contributed by atoms with E-state index in [2.05, 4.69) is 57.1 Å². The third-order valence-corrected chi connectivity index (χ3v) is 20.0. The third kappa shape index (κ3) is 9.55. The van der Waals surface area contributed by atoms with E-state index in [9.17, 15) is 39.0 Å². The summed E-state index contributed by atoms with van der Waals surface area (Å²) in [6.07, 6.45) is 12.7. The number of anilines is 1. The van der Waals surface area contributed by atoms with Crippen molar-refractivity contribution in [3.8, 4) is 5.75 Å². The quantitative estimate of drug-likeness (QED) is 0.0232. The number of halogens is 1. The Balaban J connectivity index is 0.913. The average Bonchev–Trinajstić information content (AvgIpc) is 3.12. The molecule has 17 nitrogen and oxygen atoms in total. The van der Waals surface area contributed by atoms with Crippen LogP contribution in [0.5, 0.6) is 5.75 Å². The highest BCUT2D eigenvalue weighted by molar-refractivity contribution is 6.12. The molecule has 1 spiro atoms. The van der Waals surface area contributed by atoms with Crippen LogP contribution in [-0.4, -0.2) is 168 Å². The molecule has 1 saturated carbocycles. The molecule has 3 N–H and O–H groups in total. The summed E-state index contributed by atoms with van der Waals surface area (Å²) in [5.74, 6) is -2.74. The standard InChI is InChI=1S/C65H77FN6O11/c1-8-62(79)34-42-33-61(4,48-31-47-51(32-53(48)81-6)69(5)58-64(47)23-27-71-24-13-22-63(9-2,57(64)71)59(83-39(3)73)65(58,80)60(78)82-7)56-44(21-26-70(37-42)38-62)46-29-41(16-18-50(46)68-56)35-67-36-52(75)45-17-15-40(30-49(45)66)28-43(74)14-11-10-12-25-72-54(76)19-20-55(72)77/h13,15-20,22,29-32,35,42,57-59,68,79-80H,8-12,14,21,23-28,33-34,36-38H2,1-7H3/t42-,57-,58+,59+,61+,62-,63+,64+,65-/m0/s1. The van der Waals surface area contributed by atoms with Crippen LogP contribution in [0.3, 0.4) is 0 Å². The number of ketones is 2. The number of imide groups is 1. The highest BCUT2D eigenvalue weighted by atomic mass is 19.1. The van der Waals surface area contributed by atoms with E-state index in [1.54, 1.807) is 19.4 Å². The molecule has 1 unspecified atom stereocenters. The van der Waals surface area contributed by atoms with E-state index in [1.807, 2.05) is 37.9 Å². The van der Waals surface area contributed by atoms with Crippen molar-refractivity contribution >= 4 is 58.1 Å². The molecule has 10 atom stereocenters. The van der Waals surface area contributed by atoms with E-state index >= 15 is 4.39 Å². The summed E-state index contributed by atoms with van der Waals surface area (Å²) >= 11 is 0. The fourth-order valence-corrected chi connectivity index (χ4v) is 16.5. The Hall–Kier alpha value is -6.86. The number of Topliss-reactive ketones (excluding diaryl/α,β-unsaturated/α-hetero) is 2. The van der Waals surface area contributed by atoms with Gasteiger partial charge in [0.05, 0.1) is 31.4 Å². The molecule has 6 aliphatic heterocycles. The number of nitrogens with one attached hydrogen (secondary N) is 1. The Kier molecular flexibility index (Phi) is 15.3. The van der Waals surface area contributed by atoms with Gasteiger partial charge in [-0.25, -0.2) is 9.18 Å². The summed E-state index contributed by atoms with van der Waals surface area (Å²) in [6.45, 7) is 11.0. The number of rotatable bonds is 18. The van der Waals surface area contributed by atoms with Crippen LogP contribution in [0.1, 0.15) is 129 Å². The number of H-pyrrole nitrogens is 1. The van der Waals surface area contributed by atoms with Crippen LogP contribution in [0, 0.1) is 17.2 Å². The highest BCUT2D eigenvalue weighted by Crippen LogP contribution is 2.68. The Morgan fingerprint density at radius 2 is 1.71 bits per heavy atom. The van der Waals surface area contributed by atoms with Crippen LogP contribution in [0.25, 0.3) is 10.9 Å². The number of unbranched alkanes of at least 4 members (excludes halogenated alkanes) is 2. The molecule has 0 radical (unpaired) electrons. The molecular weight excluding hydrogens is 1060 g/mol. The zero-order valence-electron chi connectivity index (χ0n) is 48.7. The maximum absolute atomic E-state index is 15.5. The monoisotopic (exact) mass is 1140 g/mol. The Labute approximate surface area is 483 Å². The molecule has 2 saturated heterocycles. The predicted molar refractivity (Wildman–Crippen MR) is 310 cm³/mol. The fraction of sp³-hybridized carbons (Fsp3) is 0.523. The lowest BCUT2D eigenvalue weighted by Crippen LogP contribution is -2.81. The number of hydrogen-bond donors (Lipinski definition) is 3. The van der Waals surface area contributed by atoms with Crippen LogP contribution in [0.15, 0.2) is 77.8 Å². The lowest BCUT2D eigenvalue weighted by atomic mass is 9.47. The first-order valence-electron chi connectivity index (χ1n) is 29.5. The summed E-state index contributed by atoms with van der Waals surface area (Å²) < 4.78 is 33.8. The van der Waals surface area contributed by atoms with Crippen molar-refractivity contribution in [2.24, 2.45) is 16.3 Å². The lowest BCUT2D eigenvalue weighted by molar-refractivity contribution is -0.228. The first-order chi connectivity index (χ1) is 39.7. The third-order valence-electron chi connectivity index (χ3n) is 20.0. The van der Waals surface area contributed by atoms with Gasteiger partial charge in [-0.15, -0.1) is 0 Å². The van der Waals surface area contributed by atoms with Crippen molar-refractivity contribution < 1.29 is 57.6 Å². The number of aromatic amines is 1. The second-order valence-corrected chi connectivity index (χ2v) is 24.8. The van der Waals surface area contributed by atoms with Crippen molar-refractivity contribution in [3.63, 3.8) is 0 Å². The number of aliphatic imine (C=N–C) groups is 1. The van der Waals surface area contributed by atoms with Gasteiger partial charge in [-0.3, -0.25) is 43.7 Å². The van der Waals surface area contributed by atoms with Crippen LogP contribution >= 0.6 is 0 Å². The molecule has 2 amide bonds. The minimum atomic E-state index is -2.29. The number of fused-ring (bicyclic) bond motifs is 6. The SMILES string of the molecule is CC[C@]1(O)C[C@H]2CN(CCc3c([nH]c4ccc(C=NCC(=O)c5ccc(CC(=O)CCCCCN6C(=O)C=CC6=O)cc5F)cc34)[C@@](C)(c3cc4c(cc3OC)N(C)[C@H]3[C@@](O)(C(=O)OC)[C@H](OC(C)=O)[C@]5(CC)C=CCN6CC[C@]43[C@@H]65)C2)C1. The smallest absolute Gasteiger partial charge is 0.344 e. The molecule has 1 aromatic heterocycles. The maximum Gasteiger partial charge on any atom is 0.344 e. The van der Waals surface area contributed by atoms with Gasteiger partial charge in [0.15, 0.2) is 11.9 Å². The Morgan fingerprint density at radius 1 is 0.928 bits per heavy atom. The number of hydrogen-bond acceptors (Lipinski definition) is 15. The van der Waals surface area contributed by atoms with Crippen molar-refractivity contribution in [3.05, 3.63) is 118 Å². The zero-order chi connectivity index (χ0) is 59.0. The molecule has 7 aliphatic rings. The molecule has 11 rings (SSSR count). The Bertz CT molecular complexity index is 3390. The number of methoxy groups -OCH3 is 2. The van der Waals surface area contributed by atoms with Gasteiger partial charge in [0.25, 0.3) is 11.8 Å². The first kappa shape index (κ1) is 57.9. The second kappa shape index (κ2) is 22.0. The molecule has 7 heterocycles. The number of aliphatic hydroxyl groups is 2. The number of carbonyl (C=O) groups is 6. The van der Waals surface area contributed by atoms with E-state index in [0.717, 1.165) is 51.1 Å². The molecule has 2 bridgehead atoms. The number of ether oxygens (including phenoxy) is 3. The summed E-state index contributed by atoms with van der Waals surface area (Å²) in [5.41, 5.74) is 1.01. The molecule has 3 fully saturated rings. The number of amides is 2. The van der Waals surface area contributed by atoms with Gasteiger partial charge < -0.3 is 34.3 Å². The minimum absolute atomic E-state index is 0.0152. The number of benzene rings is 3. The number of aromatic nitrogens is 1. The van der Waals surface area contributed by atoms with Crippen molar-refractivity contribution in [1.29, 1.82) is 0 Å². The van der Waals surface area contributed by atoms with Gasteiger partial charge in [0, 0.05) is 134 Å². The molecule has 440 valence electrons. The van der Waals surface area contributed by atoms with Crippen LogP contribution < -0.4 is 9.64 Å². The summed E-state index contributed by atoms with van der Waals surface area (Å²) in [5, 5.41) is 26.6. The zero-order valence-corrected chi connectivity index (χ0v) is 48.7. The van der Waals surface area contributed by atoms with Gasteiger partial charge in [0.2, 0.25) is 5.60 Å². The van der Waals surface area contributed by atoms with Gasteiger partial charge in [-0.05, 0) is 123 Å². The van der Waals surface area contributed by atoms with E-state index in [1.165, 1.54) is 43.2 Å². The van der Waals surface area contributed by atoms with Crippen molar-refractivity contribution in [2.45, 2.75) is 139 Å². The van der Waals surface area contributed by atoms with Crippen molar-refractivity contribution in [1.82, 2.24) is 19.7 Å². The molecule has 83 heavy (non-hydrogen) atoms. The molecule has 3 aromatic carbocycles. The van der Waals surface area contributed by atoms with Crippen molar-refractivity contribution in [2.75, 3.05) is 72.0 Å². The van der Waals surface area contributed by atoms with E-state index in [-0.39, 0.29) is 54.5 Å². The topological polar surface area (TPSA) is 212 Å². The predicted octanol–water partition coefficient (Wildman–Crippen LogP) is 6.88. The van der Waals surface area contributed by atoms with Crippen LogP contribution in [0.4, 0.5) is 10.1 Å². The molecular formula is C65H77FN6O11. The van der Waals surface area contributed by atoms with E-state index < -0.39 is 63.1 Å². The largest absolute Gasteiger partial charge is 0.496 e. The average molecular weight is 1140 g/mol. The van der Waals surface area contributed by atoms with Gasteiger partial charge >= 0.3 is 11.9 Å². The number of nitrogens with zero attached hydrogens (tertiary/aromatic N) is 5. The Morgan fingerprint density at radius 3 is 2.42 bits per heavy atom. The highest BCUT2D eigenvalue weighted by Gasteiger charge is 2.80. The van der Waals surface area contributed by atoms with E-state index in [4.69, 9.17) is 14.2 Å². The fourth-order valence-electron chi connectivity index (χ4n) is 16.5.